The van der Waals surface area contributed by atoms with Gasteiger partial charge in [-0.15, -0.1) is 0 Å². The number of methoxy groups -OCH3 is 1. The van der Waals surface area contributed by atoms with E-state index >= 15 is 0 Å². The summed E-state index contributed by atoms with van der Waals surface area (Å²) in [6, 6.07) is 6.23. The molecule has 1 aliphatic heterocycles. The number of rotatable bonds is 5. The van der Waals surface area contributed by atoms with Crippen molar-refractivity contribution in [2.75, 3.05) is 12.4 Å². The van der Waals surface area contributed by atoms with Gasteiger partial charge in [-0.25, -0.2) is 4.79 Å². The lowest BCUT2D eigenvalue weighted by Crippen LogP contribution is -2.48. The molecule has 2 rings (SSSR count). The van der Waals surface area contributed by atoms with Crippen molar-refractivity contribution >= 4 is 23.5 Å². The number of ether oxygens (including phenoxy) is 2. The summed E-state index contributed by atoms with van der Waals surface area (Å²) in [5.74, 6) is -0.981. The first-order valence-electron chi connectivity index (χ1n) is 7.36. The molecule has 0 spiro atoms. The van der Waals surface area contributed by atoms with Gasteiger partial charge in [0.2, 0.25) is 5.91 Å². The Morgan fingerprint density at radius 1 is 1.35 bits per heavy atom. The minimum atomic E-state index is -0.935. The standard InChI is InChI=1S/C16H20N2O5/c1-9(2)14(16(21)22-3)18-13(19)8-12-15(20)17-10-6-4-5-7-11(10)23-12/h4-7,9,12,14H,8H2,1-3H3,(H,17,20)(H,18,19). The van der Waals surface area contributed by atoms with Crippen LogP contribution < -0.4 is 15.4 Å². The van der Waals surface area contributed by atoms with Crippen LogP contribution in [0.15, 0.2) is 24.3 Å². The Morgan fingerprint density at radius 2 is 2.04 bits per heavy atom. The monoisotopic (exact) mass is 320 g/mol. The van der Waals surface area contributed by atoms with Gasteiger partial charge in [-0.05, 0) is 18.1 Å². The topological polar surface area (TPSA) is 93.7 Å². The van der Waals surface area contributed by atoms with Crippen molar-refractivity contribution in [3.8, 4) is 5.75 Å². The van der Waals surface area contributed by atoms with Gasteiger partial charge in [-0.3, -0.25) is 9.59 Å². The van der Waals surface area contributed by atoms with Crippen LogP contribution in [0.4, 0.5) is 5.69 Å². The molecule has 2 atom stereocenters. The number of benzene rings is 1. The molecule has 0 saturated heterocycles. The second-order valence-electron chi connectivity index (χ2n) is 5.61. The lowest BCUT2D eigenvalue weighted by Gasteiger charge is -2.26. The second-order valence-corrected chi connectivity index (χ2v) is 5.61. The molecule has 0 aromatic heterocycles. The molecule has 1 aromatic rings. The summed E-state index contributed by atoms with van der Waals surface area (Å²) in [6.07, 6.45) is -1.12. The van der Waals surface area contributed by atoms with E-state index in [4.69, 9.17) is 4.74 Å². The van der Waals surface area contributed by atoms with Crippen molar-refractivity contribution in [1.82, 2.24) is 5.32 Å². The molecule has 2 amide bonds. The number of carbonyl (C=O) groups excluding carboxylic acids is 3. The van der Waals surface area contributed by atoms with Crippen LogP contribution in [-0.2, 0) is 19.1 Å². The number of anilines is 1. The predicted octanol–water partition coefficient (Wildman–Crippen LogP) is 1.09. The molecule has 1 aromatic carbocycles. The van der Waals surface area contributed by atoms with Crippen molar-refractivity contribution in [3.05, 3.63) is 24.3 Å². The molecule has 7 nitrogen and oxygen atoms in total. The zero-order chi connectivity index (χ0) is 17.0. The third-order valence-electron chi connectivity index (χ3n) is 3.52. The first-order chi connectivity index (χ1) is 10.9. The zero-order valence-corrected chi connectivity index (χ0v) is 13.3. The highest BCUT2D eigenvalue weighted by molar-refractivity contribution is 6.00. The number of amides is 2. The fourth-order valence-corrected chi connectivity index (χ4v) is 2.25. The molecule has 124 valence electrons. The molecule has 0 radical (unpaired) electrons. The summed E-state index contributed by atoms with van der Waals surface area (Å²) in [5, 5.41) is 5.28. The molecule has 1 heterocycles. The maximum Gasteiger partial charge on any atom is 0.328 e. The average Bonchev–Trinajstić information content (AvgIpc) is 2.52. The van der Waals surface area contributed by atoms with E-state index in [1.165, 1.54) is 7.11 Å². The third-order valence-corrected chi connectivity index (χ3v) is 3.52. The maximum atomic E-state index is 12.1. The summed E-state index contributed by atoms with van der Waals surface area (Å²) in [4.78, 5) is 35.8. The number of nitrogens with one attached hydrogen (secondary N) is 2. The highest BCUT2D eigenvalue weighted by Gasteiger charge is 2.32. The third kappa shape index (κ3) is 4.00. The first kappa shape index (κ1) is 16.8. The summed E-state index contributed by atoms with van der Waals surface area (Å²) < 4.78 is 10.2. The Hall–Kier alpha value is -2.57. The van der Waals surface area contributed by atoms with Gasteiger partial charge in [0.05, 0.1) is 19.2 Å². The molecule has 0 fully saturated rings. The molecule has 0 aliphatic carbocycles. The van der Waals surface area contributed by atoms with E-state index in [0.29, 0.717) is 11.4 Å². The average molecular weight is 320 g/mol. The van der Waals surface area contributed by atoms with Crippen LogP contribution in [0.1, 0.15) is 20.3 Å². The van der Waals surface area contributed by atoms with Crippen LogP contribution in [0.2, 0.25) is 0 Å². The van der Waals surface area contributed by atoms with Crippen LogP contribution >= 0.6 is 0 Å². The predicted molar refractivity (Wildman–Crippen MR) is 82.9 cm³/mol. The van der Waals surface area contributed by atoms with Crippen molar-refractivity contribution in [3.63, 3.8) is 0 Å². The molecule has 1 aliphatic rings. The highest BCUT2D eigenvalue weighted by atomic mass is 16.5. The van der Waals surface area contributed by atoms with Crippen LogP contribution in [0.3, 0.4) is 0 Å². The molecule has 2 unspecified atom stereocenters. The number of para-hydroxylation sites is 2. The van der Waals surface area contributed by atoms with Gasteiger partial charge >= 0.3 is 5.97 Å². The lowest BCUT2D eigenvalue weighted by molar-refractivity contribution is -0.146. The number of hydrogen-bond acceptors (Lipinski definition) is 5. The maximum absolute atomic E-state index is 12.1. The molecule has 7 heteroatoms. The number of hydrogen-bond donors (Lipinski definition) is 2. The Labute approximate surface area is 134 Å². The van der Waals surface area contributed by atoms with E-state index in [2.05, 4.69) is 15.4 Å². The van der Waals surface area contributed by atoms with Crippen molar-refractivity contribution in [2.45, 2.75) is 32.4 Å². The van der Waals surface area contributed by atoms with E-state index in [0.717, 1.165) is 0 Å². The molecular formula is C16H20N2O5. The molecular weight excluding hydrogens is 300 g/mol. The highest BCUT2D eigenvalue weighted by Crippen LogP contribution is 2.29. The van der Waals surface area contributed by atoms with Crippen molar-refractivity contribution < 1.29 is 23.9 Å². The van der Waals surface area contributed by atoms with Gasteiger partial charge in [-0.1, -0.05) is 26.0 Å². The lowest BCUT2D eigenvalue weighted by atomic mass is 10.0. The smallest absolute Gasteiger partial charge is 0.328 e. The van der Waals surface area contributed by atoms with Gasteiger partial charge in [0.1, 0.15) is 11.8 Å². The molecule has 23 heavy (non-hydrogen) atoms. The Bertz CT molecular complexity index is 614. The van der Waals surface area contributed by atoms with E-state index in [-0.39, 0.29) is 12.3 Å². The number of carbonyl (C=O) groups is 3. The Balaban J connectivity index is 2.00. The van der Waals surface area contributed by atoms with Crippen LogP contribution in [-0.4, -0.2) is 37.0 Å². The Morgan fingerprint density at radius 3 is 2.70 bits per heavy atom. The van der Waals surface area contributed by atoms with E-state index < -0.39 is 29.9 Å². The van der Waals surface area contributed by atoms with Gasteiger partial charge in [0, 0.05) is 0 Å². The van der Waals surface area contributed by atoms with E-state index in [9.17, 15) is 14.4 Å². The SMILES string of the molecule is COC(=O)C(NC(=O)CC1Oc2ccccc2NC1=O)C(C)C. The normalized spacial score (nSPS) is 17.6. The summed E-state index contributed by atoms with van der Waals surface area (Å²) in [5.41, 5.74) is 0.573. The van der Waals surface area contributed by atoms with Crippen LogP contribution in [0.5, 0.6) is 5.75 Å². The molecule has 2 N–H and O–H groups in total. The summed E-state index contributed by atoms with van der Waals surface area (Å²) >= 11 is 0. The Kier molecular flexibility index (Phi) is 5.20. The van der Waals surface area contributed by atoms with Crippen LogP contribution in [0, 0.1) is 5.92 Å². The van der Waals surface area contributed by atoms with E-state index in [1.54, 1.807) is 38.1 Å². The fraction of sp³-hybridized carbons (Fsp3) is 0.438. The molecule has 0 saturated carbocycles. The van der Waals surface area contributed by atoms with Gasteiger partial charge in [0.25, 0.3) is 5.91 Å². The number of esters is 1. The summed E-state index contributed by atoms with van der Waals surface area (Å²) in [6.45, 7) is 3.59. The first-order valence-corrected chi connectivity index (χ1v) is 7.36. The van der Waals surface area contributed by atoms with Gasteiger partial charge in [0.15, 0.2) is 6.10 Å². The van der Waals surface area contributed by atoms with Crippen molar-refractivity contribution in [2.24, 2.45) is 5.92 Å². The quantitative estimate of drug-likeness (QED) is 0.792. The van der Waals surface area contributed by atoms with Gasteiger partial charge in [-0.2, -0.15) is 0 Å². The minimum Gasteiger partial charge on any atom is -0.478 e. The minimum absolute atomic E-state index is 0.131. The largest absolute Gasteiger partial charge is 0.478 e. The number of fused-ring (bicyclic) bond motifs is 1. The van der Waals surface area contributed by atoms with Crippen LogP contribution in [0.25, 0.3) is 0 Å². The summed E-state index contributed by atoms with van der Waals surface area (Å²) in [7, 11) is 1.26. The van der Waals surface area contributed by atoms with Crippen molar-refractivity contribution in [1.29, 1.82) is 0 Å². The van der Waals surface area contributed by atoms with Gasteiger partial charge < -0.3 is 20.1 Å². The second kappa shape index (κ2) is 7.13. The zero-order valence-electron chi connectivity index (χ0n) is 13.3. The fourth-order valence-electron chi connectivity index (χ4n) is 2.25. The van der Waals surface area contributed by atoms with E-state index in [1.807, 2.05) is 0 Å². The molecule has 0 bridgehead atoms.